The van der Waals surface area contributed by atoms with Crippen LogP contribution >= 0.6 is 0 Å². The topological polar surface area (TPSA) is 26.3 Å². The van der Waals surface area contributed by atoms with E-state index in [-0.39, 0.29) is 11.4 Å². The maximum atomic E-state index is 13.0. The van der Waals surface area contributed by atoms with Crippen molar-refractivity contribution in [2.45, 2.75) is 120 Å². The van der Waals surface area contributed by atoms with E-state index in [2.05, 4.69) is 53.7 Å². The van der Waals surface area contributed by atoms with Crippen molar-refractivity contribution in [2.24, 2.45) is 10.8 Å². The Morgan fingerprint density at radius 1 is 0.862 bits per heavy atom. The number of carbonyl (C=O) groups is 1. The summed E-state index contributed by atoms with van der Waals surface area (Å²) in [5, 5.41) is 0. The Kier molecular flexibility index (Phi) is 13.2. The van der Waals surface area contributed by atoms with E-state index in [1.807, 2.05) is 32.9 Å². The molecule has 0 fully saturated rings. The van der Waals surface area contributed by atoms with Crippen molar-refractivity contribution in [3.63, 3.8) is 0 Å². The van der Waals surface area contributed by atoms with Gasteiger partial charge in [0.15, 0.2) is 0 Å². The first-order chi connectivity index (χ1) is 13.7. The monoisotopic (exact) mass is 404 g/mol. The third-order valence-corrected chi connectivity index (χ3v) is 6.23. The zero-order chi connectivity index (χ0) is 22.5. The molecule has 0 aromatic heterocycles. The Labute approximate surface area is 181 Å². The summed E-state index contributed by atoms with van der Waals surface area (Å²) in [5.41, 5.74) is 0.764. The molecule has 0 N–H and O–H groups in total. The van der Waals surface area contributed by atoms with Crippen molar-refractivity contribution in [2.75, 3.05) is 0 Å². The van der Waals surface area contributed by atoms with Crippen molar-refractivity contribution in [3.8, 4) is 5.75 Å². The van der Waals surface area contributed by atoms with Gasteiger partial charge in [0.2, 0.25) is 0 Å². The van der Waals surface area contributed by atoms with Crippen LogP contribution in [0, 0.1) is 10.8 Å². The number of ether oxygens (including phenoxy) is 1. The van der Waals surface area contributed by atoms with Crippen molar-refractivity contribution in [1.82, 2.24) is 0 Å². The van der Waals surface area contributed by atoms with E-state index in [0.29, 0.717) is 11.7 Å². The van der Waals surface area contributed by atoms with Gasteiger partial charge in [-0.2, -0.15) is 0 Å². The second-order valence-electron chi connectivity index (χ2n) is 9.27. The quantitative estimate of drug-likeness (QED) is 0.272. The lowest BCUT2D eigenvalue weighted by Gasteiger charge is -2.39. The fraction of sp³-hybridized carbons (Fsp3) is 0.741. The molecular formula is C27H48O2. The van der Waals surface area contributed by atoms with Crippen LogP contribution in [0.2, 0.25) is 0 Å². The van der Waals surface area contributed by atoms with Gasteiger partial charge < -0.3 is 4.74 Å². The van der Waals surface area contributed by atoms with Gasteiger partial charge in [-0.05, 0) is 55.2 Å². The summed E-state index contributed by atoms with van der Waals surface area (Å²) in [4.78, 5) is 13.0. The summed E-state index contributed by atoms with van der Waals surface area (Å²) >= 11 is 0. The molecule has 0 aliphatic carbocycles. The summed E-state index contributed by atoms with van der Waals surface area (Å²) in [5.74, 6) is 1.17. The highest BCUT2D eigenvalue weighted by molar-refractivity contribution is 5.79. The maximum absolute atomic E-state index is 13.0. The van der Waals surface area contributed by atoms with Gasteiger partial charge in [0.25, 0.3) is 0 Å². The van der Waals surface area contributed by atoms with Gasteiger partial charge in [-0.3, -0.25) is 4.79 Å². The first kappa shape index (κ1) is 27.7. The molecule has 1 atom stereocenters. The van der Waals surface area contributed by atoms with E-state index in [1.165, 1.54) is 44.1 Å². The fourth-order valence-corrected chi connectivity index (χ4v) is 3.69. The lowest BCUT2D eigenvalue weighted by Crippen LogP contribution is -2.43. The molecule has 0 aliphatic rings. The molecule has 1 aromatic rings. The van der Waals surface area contributed by atoms with Crippen molar-refractivity contribution in [3.05, 3.63) is 29.8 Å². The molecule has 0 saturated heterocycles. The first-order valence-corrected chi connectivity index (χ1v) is 12.0. The van der Waals surface area contributed by atoms with Gasteiger partial charge in [-0.15, -0.1) is 0 Å². The molecule has 0 radical (unpaired) electrons. The van der Waals surface area contributed by atoms with Crippen LogP contribution in [0.5, 0.6) is 5.75 Å². The van der Waals surface area contributed by atoms with Crippen molar-refractivity contribution < 1.29 is 9.53 Å². The molecule has 2 nitrogen and oxygen atoms in total. The molecule has 29 heavy (non-hydrogen) atoms. The third kappa shape index (κ3) is 8.52. The molecule has 1 rings (SSSR count). The lowest BCUT2D eigenvalue weighted by molar-refractivity contribution is -0.152. The van der Waals surface area contributed by atoms with Crippen LogP contribution in [0.4, 0.5) is 0 Å². The molecule has 168 valence electrons. The van der Waals surface area contributed by atoms with Gasteiger partial charge in [0.05, 0.1) is 5.41 Å². The summed E-state index contributed by atoms with van der Waals surface area (Å²) in [7, 11) is 0. The highest BCUT2D eigenvalue weighted by Crippen LogP contribution is 2.43. The van der Waals surface area contributed by atoms with Crippen molar-refractivity contribution in [1.29, 1.82) is 0 Å². The predicted molar refractivity (Wildman–Crippen MR) is 128 cm³/mol. The first-order valence-electron chi connectivity index (χ1n) is 12.0. The smallest absolute Gasteiger partial charge is 0.317 e. The molecule has 1 aromatic carbocycles. The maximum Gasteiger partial charge on any atom is 0.317 e. The number of benzene rings is 1. The number of carbonyl (C=O) groups excluding carboxylic acids is 1. The Bertz CT molecular complexity index is 545. The van der Waals surface area contributed by atoms with Gasteiger partial charge in [0, 0.05) is 0 Å². The van der Waals surface area contributed by atoms with E-state index in [0.717, 1.165) is 12.8 Å². The minimum atomic E-state index is -0.481. The van der Waals surface area contributed by atoms with E-state index < -0.39 is 5.41 Å². The number of unbranched alkanes of at least 4 members (excludes halogenated alkanes) is 2. The third-order valence-electron chi connectivity index (χ3n) is 6.23. The molecule has 0 spiro atoms. The number of rotatable bonds is 11. The number of esters is 1. The SMILES string of the molecule is CC.CCCCC(CCCC)c1ccc(OC(=O)C(C)(CCC)C(C)(C)C)cc1. The average Bonchev–Trinajstić information content (AvgIpc) is 2.69. The van der Waals surface area contributed by atoms with E-state index in [4.69, 9.17) is 4.74 Å². The molecule has 2 heteroatoms. The Hall–Kier alpha value is -1.31. The van der Waals surface area contributed by atoms with Crippen molar-refractivity contribution >= 4 is 5.97 Å². The van der Waals surface area contributed by atoms with Gasteiger partial charge in [-0.1, -0.05) is 99.6 Å². The van der Waals surface area contributed by atoms with Crippen LogP contribution in [0.15, 0.2) is 24.3 Å². The molecule has 0 aliphatic heterocycles. The van der Waals surface area contributed by atoms with E-state index in [9.17, 15) is 4.79 Å². The van der Waals surface area contributed by atoms with Crippen LogP contribution in [-0.2, 0) is 4.79 Å². The van der Waals surface area contributed by atoms with Crippen LogP contribution in [0.3, 0.4) is 0 Å². The molecule has 0 amide bonds. The largest absolute Gasteiger partial charge is 0.426 e. The minimum Gasteiger partial charge on any atom is -0.426 e. The zero-order valence-corrected chi connectivity index (χ0v) is 20.9. The van der Waals surface area contributed by atoms with E-state index >= 15 is 0 Å². The van der Waals surface area contributed by atoms with Crippen LogP contribution in [0.1, 0.15) is 125 Å². The zero-order valence-electron chi connectivity index (χ0n) is 20.9. The van der Waals surface area contributed by atoms with E-state index in [1.54, 1.807) is 0 Å². The van der Waals surface area contributed by atoms with Crippen LogP contribution in [-0.4, -0.2) is 5.97 Å². The van der Waals surface area contributed by atoms with Gasteiger partial charge in [0.1, 0.15) is 5.75 Å². The standard InChI is InChI=1S/C25H42O2.C2H6/c1-8-11-13-20(14-12-9-2)21-15-17-22(18-16-21)27-23(26)25(7,19-10-3)24(4,5)6;1-2/h15-18,20H,8-14,19H2,1-7H3;1-2H3. The van der Waals surface area contributed by atoms with Crippen LogP contribution in [0.25, 0.3) is 0 Å². The summed E-state index contributed by atoms with van der Waals surface area (Å²) in [6, 6.07) is 8.28. The lowest BCUT2D eigenvalue weighted by atomic mass is 9.65. The predicted octanol–water partition coefficient (Wildman–Crippen LogP) is 8.93. The second kappa shape index (κ2) is 13.8. The Balaban J connectivity index is 0.00000379. The minimum absolute atomic E-state index is 0.113. The highest BCUT2D eigenvalue weighted by atomic mass is 16.5. The molecular weight excluding hydrogens is 356 g/mol. The molecule has 1 unspecified atom stereocenters. The molecule has 0 bridgehead atoms. The fourth-order valence-electron chi connectivity index (χ4n) is 3.69. The number of hydrogen-bond acceptors (Lipinski definition) is 2. The Morgan fingerprint density at radius 2 is 1.34 bits per heavy atom. The number of hydrogen-bond donors (Lipinski definition) is 0. The molecule has 0 heterocycles. The van der Waals surface area contributed by atoms with Crippen LogP contribution < -0.4 is 4.74 Å². The molecule has 0 saturated carbocycles. The normalized spacial score (nSPS) is 13.4. The summed E-state index contributed by atoms with van der Waals surface area (Å²) in [6.07, 6.45) is 9.31. The van der Waals surface area contributed by atoms with Gasteiger partial charge in [-0.25, -0.2) is 0 Å². The average molecular weight is 405 g/mol. The summed E-state index contributed by atoms with van der Waals surface area (Å²) < 4.78 is 5.82. The highest BCUT2D eigenvalue weighted by Gasteiger charge is 2.45. The summed E-state index contributed by atoms with van der Waals surface area (Å²) in [6.45, 7) is 19.0. The second-order valence-corrected chi connectivity index (χ2v) is 9.27. The Morgan fingerprint density at radius 3 is 1.72 bits per heavy atom. The van der Waals surface area contributed by atoms with Gasteiger partial charge >= 0.3 is 5.97 Å².